The van der Waals surface area contributed by atoms with Gasteiger partial charge in [-0.05, 0) is 12.1 Å². The van der Waals surface area contributed by atoms with E-state index in [0.717, 1.165) is 33.9 Å². The van der Waals surface area contributed by atoms with Crippen molar-refractivity contribution in [3.8, 4) is 17.0 Å². The topological polar surface area (TPSA) is 43.6 Å². The fraction of sp³-hybridized carbons (Fsp3) is 0.143. The molecule has 4 nitrogen and oxygen atoms in total. The van der Waals surface area contributed by atoms with E-state index >= 15 is 0 Å². The van der Waals surface area contributed by atoms with Gasteiger partial charge >= 0.3 is 0 Å². The number of carbonyl (C=O) groups is 1. The molecular weight excluding hydrogens is 260 g/mol. The maximum atomic E-state index is 10.9. The zero-order valence-corrected chi connectivity index (χ0v) is 11.2. The molecule has 0 aliphatic rings. The highest BCUT2D eigenvalue weighted by Crippen LogP contribution is 2.28. The monoisotopic (exact) mass is 272 g/mol. The Balaban J connectivity index is 2.19. The highest BCUT2D eigenvalue weighted by atomic mass is 32.1. The SMILES string of the molecule is COc1cccc(-c2nc3sccn3c2CC=O)c1. The standard InChI is InChI=1S/C14H12N2O2S/c1-18-11-4-2-3-10(9-11)13-12(5-7-17)16-6-8-19-14(16)15-13/h2-4,6-9H,5H2,1H3. The number of hydrogen-bond donors (Lipinski definition) is 0. The van der Waals surface area contributed by atoms with E-state index in [1.807, 2.05) is 40.2 Å². The summed E-state index contributed by atoms with van der Waals surface area (Å²) in [6.07, 6.45) is 3.20. The fourth-order valence-electron chi connectivity index (χ4n) is 2.11. The average Bonchev–Trinajstić information content (AvgIpc) is 3.02. The van der Waals surface area contributed by atoms with E-state index in [9.17, 15) is 4.79 Å². The lowest BCUT2D eigenvalue weighted by Gasteiger charge is -2.04. The molecule has 96 valence electrons. The largest absolute Gasteiger partial charge is 0.497 e. The summed E-state index contributed by atoms with van der Waals surface area (Å²) < 4.78 is 7.20. The molecule has 1 aromatic carbocycles. The van der Waals surface area contributed by atoms with Crippen molar-refractivity contribution in [2.45, 2.75) is 6.42 Å². The van der Waals surface area contributed by atoms with Gasteiger partial charge in [0.05, 0.1) is 18.5 Å². The molecule has 5 heteroatoms. The summed E-state index contributed by atoms with van der Waals surface area (Å²) in [6, 6.07) is 7.72. The van der Waals surface area contributed by atoms with Gasteiger partial charge in [0.1, 0.15) is 12.0 Å². The Labute approximate surface area is 114 Å². The summed E-state index contributed by atoms with van der Waals surface area (Å²) in [7, 11) is 1.64. The van der Waals surface area contributed by atoms with Crippen LogP contribution in [0.5, 0.6) is 5.75 Å². The van der Waals surface area contributed by atoms with Gasteiger partial charge in [0.2, 0.25) is 0 Å². The Morgan fingerprint density at radius 2 is 2.37 bits per heavy atom. The Bertz CT molecular complexity index is 730. The summed E-state index contributed by atoms with van der Waals surface area (Å²) in [5, 5.41) is 1.96. The summed E-state index contributed by atoms with van der Waals surface area (Å²) in [4.78, 5) is 16.4. The number of methoxy groups -OCH3 is 1. The lowest BCUT2D eigenvalue weighted by molar-refractivity contribution is -0.107. The van der Waals surface area contributed by atoms with Crippen molar-refractivity contribution < 1.29 is 9.53 Å². The maximum absolute atomic E-state index is 10.9. The minimum absolute atomic E-state index is 0.352. The number of carbonyl (C=O) groups excluding carboxylic acids is 1. The molecule has 3 aromatic rings. The number of aldehydes is 1. The first-order chi connectivity index (χ1) is 9.33. The van der Waals surface area contributed by atoms with Crippen LogP contribution in [0.2, 0.25) is 0 Å². The number of fused-ring (bicyclic) bond motifs is 1. The molecule has 3 rings (SSSR count). The van der Waals surface area contributed by atoms with E-state index in [-0.39, 0.29) is 0 Å². The number of ether oxygens (including phenoxy) is 1. The third-order valence-corrected chi connectivity index (χ3v) is 3.74. The van der Waals surface area contributed by atoms with Crippen molar-refractivity contribution in [3.63, 3.8) is 0 Å². The Kier molecular flexibility index (Phi) is 3.05. The molecule has 0 radical (unpaired) electrons. The smallest absolute Gasteiger partial charge is 0.194 e. The summed E-state index contributed by atoms with van der Waals surface area (Å²) in [6.45, 7) is 0. The summed E-state index contributed by atoms with van der Waals surface area (Å²) >= 11 is 1.56. The summed E-state index contributed by atoms with van der Waals surface area (Å²) in [5.41, 5.74) is 2.73. The molecule has 0 saturated heterocycles. The number of nitrogens with zero attached hydrogens (tertiary/aromatic N) is 2. The normalized spacial score (nSPS) is 10.8. The second-order valence-electron chi connectivity index (χ2n) is 4.07. The Hall–Kier alpha value is -2.14. The van der Waals surface area contributed by atoms with Gasteiger partial charge < -0.3 is 9.53 Å². The first-order valence-electron chi connectivity index (χ1n) is 5.86. The predicted octanol–water partition coefficient (Wildman–Crippen LogP) is 2.81. The van der Waals surface area contributed by atoms with Crippen LogP contribution in [-0.2, 0) is 11.2 Å². The first-order valence-corrected chi connectivity index (χ1v) is 6.74. The number of aromatic nitrogens is 2. The van der Waals surface area contributed by atoms with E-state index in [1.54, 1.807) is 18.4 Å². The molecule has 0 amide bonds. The molecule has 0 spiro atoms. The second-order valence-corrected chi connectivity index (χ2v) is 4.94. The van der Waals surface area contributed by atoms with Gasteiger partial charge in [-0.1, -0.05) is 12.1 Å². The van der Waals surface area contributed by atoms with Crippen LogP contribution in [0, 0.1) is 0 Å². The zero-order chi connectivity index (χ0) is 13.2. The van der Waals surface area contributed by atoms with E-state index < -0.39 is 0 Å². The van der Waals surface area contributed by atoms with Crippen LogP contribution >= 0.6 is 11.3 Å². The second kappa shape index (κ2) is 4.85. The predicted molar refractivity (Wildman–Crippen MR) is 74.8 cm³/mol. The fourth-order valence-corrected chi connectivity index (χ4v) is 2.84. The van der Waals surface area contributed by atoms with E-state index in [2.05, 4.69) is 4.98 Å². The van der Waals surface area contributed by atoms with E-state index in [4.69, 9.17) is 4.74 Å². The van der Waals surface area contributed by atoms with Crippen molar-refractivity contribution in [1.82, 2.24) is 9.38 Å². The van der Waals surface area contributed by atoms with E-state index in [1.165, 1.54) is 0 Å². The molecule has 2 aromatic heterocycles. The number of benzene rings is 1. The van der Waals surface area contributed by atoms with Gasteiger partial charge in [-0.3, -0.25) is 4.40 Å². The van der Waals surface area contributed by atoms with Crippen LogP contribution in [0.15, 0.2) is 35.8 Å². The van der Waals surface area contributed by atoms with Crippen molar-refractivity contribution in [3.05, 3.63) is 41.5 Å². The quantitative estimate of drug-likeness (QED) is 0.686. The maximum Gasteiger partial charge on any atom is 0.194 e. The number of thiazole rings is 1. The highest BCUT2D eigenvalue weighted by Gasteiger charge is 2.14. The van der Waals surface area contributed by atoms with Gasteiger partial charge in [-0.15, -0.1) is 11.3 Å². The van der Waals surface area contributed by atoms with Crippen molar-refractivity contribution in [2.24, 2.45) is 0 Å². The number of hydrogen-bond acceptors (Lipinski definition) is 4. The van der Waals surface area contributed by atoms with Crippen LogP contribution in [0.25, 0.3) is 16.2 Å². The van der Waals surface area contributed by atoms with Gasteiger partial charge in [0, 0.05) is 23.6 Å². The third kappa shape index (κ3) is 2.02. The first kappa shape index (κ1) is 11.9. The minimum atomic E-state index is 0.352. The van der Waals surface area contributed by atoms with Crippen LogP contribution in [0.3, 0.4) is 0 Å². The molecule has 19 heavy (non-hydrogen) atoms. The van der Waals surface area contributed by atoms with E-state index in [0.29, 0.717) is 6.42 Å². The zero-order valence-electron chi connectivity index (χ0n) is 10.4. The van der Waals surface area contributed by atoms with Gasteiger partial charge in [0.25, 0.3) is 0 Å². The average molecular weight is 272 g/mol. The van der Waals surface area contributed by atoms with Gasteiger partial charge in [-0.25, -0.2) is 4.98 Å². The summed E-state index contributed by atoms with van der Waals surface area (Å²) in [5.74, 6) is 0.783. The lowest BCUT2D eigenvalue weighted by Crippen LogP contribution is -1.94. The molecule has 0 aliphatic heterocycles. The molecule has 0 aliphatic carbocycles. The molecular formula is C14H12N2O2S. The van der Waals surface area contributed by atoms with Crippen LogP contribution in [0.4, 0.5) is 0 Å². The van der Waals surface area contributed by atoms with Crippen LogP contribution in [0.1, 0.15) is 5.69 Å². The van der Waals surface area contributed by atoms with Crippen molar-refractivity contribution in [1.29, 1.82) is 0 Å². The molecule has 2 heterocycles. The minimum Gasteiger partial charge on any atom is -0.497 e. The Morgan fingerprint density at radius 1 is 1.47 bits per heavy atom. The molecule has 0 unspecified atom stereocenters. The number of imidazole rings is 1. The lowest BCUT2D eigenvalue weighted by atomic mass is 10.1. The molecule has 0 fully saturated rings. The molecule has 0 saturated carbocycles. The highest BCUT2D eigenvalue weighted by molar-refractivity contribution is 7.15. The van der Waals surface area contributed by atoms with Crippen molar-refractivity contribution >= 4 is 22.6 Å². The number of rotatable bonds is 4. The van der Waals surface area contributed by atoms with Crippen LogP contribution in [-0.4, -0.2) is 22.8 Å². The third-order valence-electron chi connectivity index (χ3n) is 2.98. The van der Waals surface area contributed by atoms with Crippen molar-refractivity contribution in [2.75, 3.05) is 7.11 Å². The molecule has 0 bridgehead atoms. The van der Waals surface area contributed by atoms with Gasteiger partial charge in [0.15, 0.2) is 4.96 Å². The Morgan fingerprint density at radius 3 is 3.16 bits per heavy atom. The van der Waals surface area contributed by atoms with Crippen LogP contribution < -0.4 is 4.74 Å². The van der Waals surface area contributed by atoms with Gasteiger partial charge in [-0.2, -0.15) is 0 Å². The molecule has 0 atom stereocenters. The molecule has 0 N–H and O–H groups in total.